The van der Waals surface area contributed by atoms with Gasteiger partial charge in [-0.15, -0.1) is 0 Å². The lowest BCUT2D eigenvalue weighted by atomic mass is 10.1. The van der Waals surface area contributed by atoms with Crippen LogP contribution in [0.4, 0.5) is 0 Å². The molecule has 0 heterocycles. The first-order chi connectivity index (χ1) is 7.88. The third-order valence-corrected chi connectivity index (χ3v) is 2.73. The Hall–Kier alpha value is -1.55. The van der Waals surface area contributed by atoms with E-state index in [-0.39, 0.29) is 6.61 Å². The van der Waals surface area contributed by atoms with Gasteiger partial charge in [0.25, 0.3) is 0 Å². The van der Waals surface area contributed by atoms with Crippen LogP contribution in [0, 0.1) is 13.8 Å². The van der Waals surface area contributed by atoms with Crippen LogP contribution in [-0.2, 0) is 9.53 Å². The molecule has 0 aliphatic rings. The summed E-state index contributed by atoms with van der Waals surface area (Å²) in [5.74, 6) is 0.258. The second-order valence-corrected chi connectivity index (χ2v) is 4.40. The van der Waals surface area contributed by atoms with Crippen LogP contribution in [0.15, 0.2) is 18.2 Å². The number of methoxy groups -OCH3 is 1. The minimum absolute atomic E-state index is 0.0873. The van der Waals surface area contributed by atoms with Gasteiger partial charge in [-0.2, -0.15) is 0 Å². The summed E-state index contributed by atoms with van der Waals surface area (Å²) in [6.45, 7) is 5.65. The van der Waals surface area contributed by atoms with Crippen molar-refractivity contribution in [1.82, 2.24) is 0 Å². The van der Waals surface area contributed by atoms with E-state index in [1.807, 2.05) is 32.0 Å². The van der Waals surface area contributed by atoms with Gasteiger partial charge in [0.2, 0.25) is 0 Å². The maximum Gasteiger partial charge on any atom is 0.329 e. The van der Waals surface area contributed by atoms with Crippen LogP contribution in [0.3, 0.4) is 0 Å². The normalized spacial score (nSPS) is 13.9. The molecule has 0 aromatic heterocycles. The van der Waals surface area contributed by atoms with Gasteiger partial charge in [-0.05, 0) is 38.0 Å². The van der Waals surface area contributed by atoms with Gasteiger partial charge in [0, 0.05) is 0 Å². The molecule has 1 unspecified atom stereocenters. The molecule has 0 saturated carbocycles. The van der Waals surface area contributed by atoms with Gasteiger partial charge in [0.1, 0.15) is 17.9 Å². The summed E-state index contributed by atoms with van der Waals surface area (Å²) >= 11 is 0. The molecule has 0 bridgehead atoms. The van der Waals surface area contributed by atoms with Crippen LogP contribution in [0.25, 0.3) is 0 Å². The van der Waals surface area contributed by atoms with Gasteiger partial charge >= 0.3 is 5.97 Å². The molecule has 1 aromatic rings. The van der Waals surface area contributed by atoms with E-state index in [0.717, 1.165) is 16.9 Å². The van der Waals surface area contributed by atoms with Crippen molar-refractivity contribution < 1.29 is 14.3 Å². The molecule has 0 fully saturated rings. The zero-order chi connectivity index (χ0) is 13.1. The predicted octanol–water partition coefficient (Wildman–Crippen LogP) is 1.57. The molecule has 1 atom stereocenters. The van der Waals surface area contributed by atoms with E-state index < -0.39 is 11.5 Å². The van der Waals surface area contributed by atoms with E-state index in [2.05, 4.69) is 4.74 Å². The van der Waals surface area contributed by atoms with Crippen LogP contribution in [0.1, 0.15) is 18.1 Å². The Bertz CT molecular complexity index is 413. The molecule has 4 heteroatoms. The van der Waals surface area contributed by atoms with E-state index in [1.165, 1.54) is 7.11 Å². The monoisotopic (exact) mass is 237 g/mol. The Labute approximate surface area is 102 Å². The van der Waals surface area contributed by atoms with E-state index in [4.69, 9.17) is 10.5 Å². The first-order valence-corrected chi connectivity index (χ1v) is 5.45. The number of esters is 1. The minimum atomic E-state index is -1.13. The SMILES string of the molecule is COC(=O)C(C)(N)COc1cccc(C)c1C. The lowest BCUT2D eigenvalue weighted by Gasteiger charge is -2.22. The van der Waals surface area contributed by atoms with Gasteiger partial charge in [0.15, 0.2) is 0 Å². The maximum atomic E-state index is 11.4. The van der Waals surface area contributed by atoms with Crippen molar-refractivity contribution in [2.75, 3.05) is 13.7 Å². The van der Waals surface area contributed by atoms with Crippen molar-refractivity contribution >= 4 is 5.97 Å². The summed E-state index contributed by atoms with van der Waals surface area (Å²) in [5.41, 5.74) is 6.86. The Kier molecular flexibility index (Phi) is 4.12. The lowest BCUT2D eigenvalue weighted by Crippen LogP contribution is -2.50. The fraction of sp³-hybridized carbons (Fsp3) is 0.462. The summed E-state index contributed by atoms with van der Waals surface area (Å²) in [5, 5.41) is 0. The van der Waals surface area contributed by atoms with Crippen molar-refractivity contribution in [3.05, 3.63) is 29.3 Å². The van der Waals surface area contributed by atoms with Crippen molar-refractivity contribution in [1.29, 1.82) is 0 Å². The minimum Gasteiger partial charge on any atom is -0.491 e. The fourth-order valence-electron chi connectivity index (χ4n) is 1.40. The van der Waals surface area contributed by atoms with Gasteiger partial charge in [0.05, 0.1) is 7.11 Å². The van der Waals surface area contributed by atoms with Gasteiger partial charge < -0.3 is 15.2 Å². The third-order valence-electron chi connectivity index (χ3n) is 2.73. The van der Waals surface area contributed by atoms with Crippen LogP contribution in [0.2, 0.25) is 0 Å². The number of rotatable bonds is 4. The molecule has 0 aliphatic carbocycles. The van der Waals surface area contributed by atoms with E-state index >= 15 is 0 Å². The molecule has 94 valence electrons. The van der Waals surface area contributed by atoms with Gasteiger partial charge in [-0.3, -0.25) is 0 Å². The first kappa shape index (κ1) is 13.5. The molecule has 1 aromatic carbocycles. The van der Waals surface area contributed by atoms with Crippen molar-refractivity contribution in [2.45, 2.75) is 26.3 Å². The molecule has 0 saturated heterocycles. The topological polar surface area (TPSA) is 61.5 Å². The van der Waals surface area contributed by atoms with Crippen molar-refractivity contribution in [3.63, 3.8) is 0 Å². The molecule has 2 N–H and O–H groups in total. The van der Waals surface area contributed by atoms with E-state index in [1.54, 1.807) is 6.92 Å². The Balaban J connectivity index is 2.74. The second kappa shape index (κ2) is 5.19. The predicted molar refractivity (Wildman–Crippen MR) is 66.0 cm³/mol. The quantitative estimate of drug-likeness (QED) is 0.807. The summed E-state index contributed by atoms with van der Waals surface area (Å²) in [7, 11) is 1.31. The molecular weight excluding hydrogens is 218 g/mol. The van der Waals surface area contributed by atoms with Crippen LogP contribution < -0.4 is 10.5 Å². The average molecular weight is 237 g/mol. The van der Waals surface area contributed by atoms with Crippen LogP contribution in [0.5, 0.6) is 5.75 Å². The fourth-order valence-corrected chi connectivity index (χ4v) is 1.40. The molecular formula is C13H19NO3. The van der Waals surface area contributed by atoms with Crippen molar-refractivity contribution in [3.8, 4) is 5.75 Å². The summed E-state index contributed by atoms with van der Waals surface area (Å²) in [6.07, 6.45) is 0. The largest absolute Gasteiger partial charge is 0.491 e. The number of aryl methyl sites for hydroxylation is 1. The molecule has 0 radical (unpaired) electrons. The average Bonchev–Trinajstić information content (AvgIpc) is 2.30. The maximum absolute atomic E-state index is 11.4. The van der Waals surface area contributed by atoms with Gasteiger partial charge in [-0.25, -0.2) is 4.79 Å². The van der Waals surface area contributed by atoms with Gasteiger partial charge in [-0.1, -0.05) is 12.1 Å². The number of carbonyl (C=O) groups excluding carboxylic acids is 1. The third kappa shape index (κ3) is 3.20. The zero-order valence-corrected chi connectivity index (χ0v) is 10.7. The molecule has 17 heavy (non-hydrogen) atoms. The smallest absolute Gasteiger partial charge is 0.329 e. The number of nitrogens with two attached hydrogens (primary N) is 1. The Morgan fingerprint density at radius 2 is 2.06 bits per heavy atom. The first-order valence-electron chi connectivity index (χ1n) is 5.45. The molecule has 1 rings (SSSR count). The number of benzene rings is 1. The lowest BCUT2D eigenvalue weighted by molar-refractivity contribution is -0.147. The van der Waals surface area contributed by atoms with E-state index in [9.17, 15) is 4.79 Å². The molecule has 0 aliphatic heterocycles. The molecule has 0 amide bonds. The summed E-state index contributed by atoms with van der Waals surface area (Å²) in [6, 6.07) is 5.77. The van der Waals surface area contributed by atoms with E-state index in [0.29, 0.717) is 0 Å². The van der Waals surface area contributed by atoms with Crippen LogP contribution in [-0.4, -0.2) is 25.2 Å². The van der Waals surface area contributed by atoms with Crippen molar-refractivity contribution in [2.24, 2.45) is 5.73 Å². The molecule has 4 nitrogen and oxygen atoms in total. The summed E-state index contributed by atoms with van der Waals surface area (Å²) < 4.78 is 10.2. The highest BCUT2D eigenvalue weighted by Gasteiger charge is 2.30. The zero-order valence-electron chi connectivity index (χ0n) is 10.7. The summed E-state index contributed by atoms with van der Waals surface area (Å²) in [4.78, 5) is 11.4. The highest BCUT2D eigenvalue weighted by molar-refractivity contribution is 5.80. The number of hydrogen-bond acceptors (Lipinski definition) is 4. The number of ether oxygens (including phenoxy) is 2. The molecule has 0 spiro atoms. The standard InChI is InChI=1S/C13H19NO3/c1-9-6-5-7-11(10(9)2)17-8-13(3,14)12(15)16-4/h5-7H,8,14H2,1-4H3. The highest BCUT2D eigenvalue weighted by Crippen LogP contribution is 2.21. The number of carbonyl (C=O) groups is 1. The Morgan fingerprint density at radius 3 is 2.65 bits per heavy atom. The Morgan fingerprint density at radius 1 is 1.41 bits per heavy atom. The van der Waals surface area contributed by atoms with Crippen LogP contribution >= 0.6 is 0 Å². The highest BCUT2D eigenvalue weighted by atomic mass is 16.5. The number of hydrogen-bond donors (Lipinski definition) is 1. The second-order valence-electron chi connectivity index (χ2n) is 4.40.